The molecule has 1 aliphatic carbocycles. The van der Waals surface area contributed by atoms with E-state index in [9.17, 15) is 14.7 Å². The van der Waals surface area contributed by atoms with Gasteiger partial charge in [-0.1, -0.05) is 54.4 Å². The van der Waals surface area contributed by atoms with Gasteiger partial charge in [0.2, 0.25) is 0 Å². The number of benzene rings is 3. The van der Waals surface area contributed by atoms with Gasteiger partial charge in [-0.25, -0.2) is 4.79 Å². The lowest BCUT2D eigenvalue weighted by atomic mass is 9.80. The SMILES string of the molecule is COc1ccc(-c2ccc(CC(O)(C(=O)Nc3ccc4c(=O)onc(C)c4c3)C3CCCC3)cc2)cc1. The van der Waals surface area contributed by atoms with Gasteiger partial charge in [0, 0.05) is 17.5 Å². The number of fused-ring (bicyclic) bond motifs is 1. The molecule has 2 N–H and O–H groups in total. The summed E-state index contributed by atoms with van der Waals surface area (Å²) >= 11 is 0. The lowest BCUT2D eigenvalue weighted by molar-refractivity contribution is -0.139. The average Bonchev–Trinajstić information content (AvgIpc) is 3.47. The zero-order valence-electron chi connectivity index (χ0n) is 21.0. The summed E-state index contributed by atoms with van der Waals surface area (Å²) in [5, 5.41) is 19.5. The van der Waals surface area contributed by atoms with Crippen molar-refractivity contribution in [1.82, 2.24) is 5.16 Å². The molecular formula is C30H30N2O5. The summed E-state index contributed by atoms with van der Waals surface area (Å²) in [5.74, 6) is 0.227. The molecular weight excluding hydrogens is 468 g/mol. The summed E-state index contributed by atoms with van der Waals surface area (Å²) in [5.41, 5.74) is 1.96. The van der Waals surface area contributed by atoms with Gasteiger partial charge < -0.3 is 19.7 Å². The first kappa shape index (κ1) is 24.7. The molecule has 7 heteroatoms. The number of carbonyl (C=O) groups excluding carboxylic acids is 1. The van der Waals surface area contributed by atoms with E-state index in [1.54, 1.807) is 32.2 Å². The third-order valence-electron chi connectivity index (χ3n) is 7.43. The molecule has 1 atom stereocenters. The van der Waals surface area contributed by atoms with Crippen molar-refractivity contribution in [2.24, 2.45) is 5.92 Å². The smallest absolute Gasteiger partial charge is 0.366 e. The second kappa shape index (κ2) is 10.2. The monoisotopic (exact) mass is 498 g/mol. The van der Waals surface area contributed by atoms with Crippen LogP contribution in [0.5, 0.6) is 5.75 Å². The normalized spacial score (nSPS) is 15.4. The van der Waals surface area contributed by atoms with Crippen LogP contribution in [-0.2, 0) is 11.2 Å². The molecule has 0 bridgehead atoms. The molecule has 1 fully saturated rings. The van der Waals surface area contributed by atoms with Crippen molar-refractivity contribution in [2.75, 3.05) is 12.4 Å². The van der Waals surface area contributed by atoms with E-state index in [-0.39, 0.29) is 12.3 Å². The fourth-order valence-corrected chi connectivity index (χ4v) is 5.27. The number of aryl methyl sites for hydroxylation is 1. The number of hydrogen-bond acceptors (Lipinski definition) is 6. The van der Waals surface area contributed by atoms with Crippen molar-refractivity contribution in [3.63, 3.8) is 0 Å². The minimum Gasteiger partial charge on any atom is -0.497 e. The fourth-order valence-electron chi connectivity index (χ4n) is 5.27. The van der Waals surface area contributed by atoms with Gasteiger partial charge in [0.05, 0.1) is 18.2 Å². The molecule has 5 rings (SSSR count). The van der Waals surface area contributed by atoms with E-state index in [4.69, 9.17) is 9.26 Å². The molecule has 1 aromatic heterocycles. The Balaban J connectivity index is 1.39. The van der Waals surface area contributed by atoms with E-state index in [0.717, 1.165) is 48.1 Å². The predicted molar refractivity (Wildman–Crippen MR) is 143 cm³/mol. The number of carbonyl (C=O) groups is 1. The molecule has 0 spiro atoms. The topological polar surface area (TPSA) is 102 Å². The van der Waals surface area contributed by atoms with Crippen molar-refractivity contribution in [3.05, 3.63) is 88.4 Å². The molecule has 1 amide bonds. The Hall–Kier alpha value is -3.97. The first-order chi connectivity index (χ1) is 17.9. The molecule has 0 saturated heterocycles. The summed E-state index contributed by atoms with van der Waals surface area (Å²) < 4.78 is 10.0. The number of rotatable bonds is 7. The van der Waals surface area contributed by atoms with Crippen LogP contribution in [0.2, 0.25) is 0 Å². The van der Waals surface area contributed by atoms with Crippen molar-refractivity contribution >= 4 is 22.4 Å². The highest BCUT2D eigenvalue weighted by Crippen LogP contribution is 2.37. The van der Waals surface area contributed by atoms with E-state index >= 15 is 0 Å². The number of aliphatic hydroxyl groups is 1. The lowest BCUT2D eigenvalue weighted by Gasteiger charge is -2.33. The van der Waals surface area contributed by atoms with Crippen LogP contribution < -0.4 is 15.7 Å². The van der Waals surface area contributed by atoms with Crippen LogP contribution in [-0.4, -0.2) is 28.9 Å². The third-order valence-corrected chi connectivity index (χ3v) is 7.43. The molecule has 0 radical (unpaired) electrons. The zero-order valence-corrected chi connectivity index (χ0v) is 21.0. The maximum absolute atomic E-state index is 13.6. The number of ether oxygens (including phenoxy) is 1. The van der Waals surface area contributed by atoms with Gasteiger partial charge in [-0.2, -0.15) is 0 Å². The predicted octanol–water partition coefficient (Wildman–Crippen LogP) is 5.27. The molecule has 190 valence electrons. The highest BCUT2D eigenvalue weighted by atomic mass is 16.5. The molecule has 0 aliphatic heterocycles. The Kier molecular flexibility index (Phi) is 6.80. The molecule has 7 nitrogen and oxygen atoms in total. The number of anilines is 1. The van der Waals surface area contributed by atoms with Crippen LogP contribution >= 0.6 is 0 Å². The Morgan fingerprint density at radius 1 is 1.03 bits per heavy atom. The Labute approximate surface area is 215 Å². The zero-order chi connectivity index (χ0) is 26.0. The average molecular weight is 499 g/mol. The van der Waals surface area contributed by atoms with Gasteiger partial charge in [-0.3, -0.25) is 4.79 Å². The fraction of sp³-hybridized carbons (Fsp3) is 0.300. The van der Waals surface area contributed by atoms with E-state index in [1.807, 2.05) is 48.5 Å². The standard InChI is InChI=1S/C30H30N2O5/c1-19-27-17-24(13-16-26(27)28(33)37-32-19)31-29(34)30(35,23-5-3-4-6-23)18-20-7-9-21(10-8-20)22-11-14-25(36-2)15-12-22/h7-17,23,35H,3-6,18H2,1-2H3,(H,31,34). The van der Waals surface area contributed by atoms with Crippen LogP contribution in [0.4, 0.5) is 5.69 Å². The van der Waals surface area contributed by atoms with E-state index < -0.39 is 17.1 Å². The second-order valence-corrected chi connectivity index (χ2v) is 9.78. The largest absolute Gasteiger partial charge is 0.497 e. The van der Waals surface area contributed by atoms with Gasteiger partial charge in [0.25, 0.3) is 5.91 Å². The number of methoxy groups -OCH3 is 1. The van der Waals surface area contributed by atoms with Crippen molar-refractivity contribution < 1.29 is 19.2 Å². The van der Waals surface area contributed by atoms with E-state index in [2.05, 4.69) is 10.5 Å². The third kappa shape index (κ3) is 5.00. The molecule has 1 heterocycles. The molecule has 3 aromatic carbocycles. The van der Waals surface area contributed by atoms with E-state index in [0.29, 0.717) is 22.2 Å². The lowest BCUT2D eigenvalue weighted by Crippen LogP contribution is -2.50. The maximum Gasteiger partial charge on any atom is 0.366 e. The van der Waals surface area contributed by atoms with Crippen molar-refractivity contribution in [3.8, 4) is 16.9 Å². The maximum atomic E-state index is 13.6. The number of aromatic nitrogens is 1. The van der Waals surface area contributed by atoms with Gasteiger partial charge in [0.1, 0.15) is 11.4 Å². The summed E-state index contributed by atoms with van der Waals surface area (Å²) in [6.07, 6.45) is 3.80. The number of amides is 1. The molecule has 1 unspecified atom stereocenters. The summed E-state index contributed by atoms with van der Waals surface area (Å²) in [6, 6.07) is 20.8. The summed E-state index contributed by atoms with van der Waals surface area (Å²) in [4.78, 5) is 25.6. The minimum absolute atomic E-state index is 0.135. The van der Waals surface area contributed by atoms with Crippen LogP contribution in [0, 0.1) is 12.8 Å². The molecule has 4 aromatic rings. The Morgan fingerprint density at radius 2 is 1.68 bits per heavy atom. The molecule has 1 saturated carbocycles. The summed E-state index contributed by atoms with van der Waals surface area (Å²) in [6.45, 7) is 1.74. The van der Waals surface area contributed by atoms with Gasteiger partial charge in [-0.15, -0.1) is 0 Å². The highest BCUT2D eigenvalue weighted by molar-refractivity contribution is 5.99. The first-order valence-corrected chi connectivity index (χ1v) is 12.5. The quantitative estimate of drug-likeness (QED) is 0.360. The van der Waals surface area contributed by atoms with Crippen LogP contribution in [0.25, 0.3) is 21.9 Å². The first-order valence-electron chi connectivity index (χ1n) is 12.5. The Bertz CT molecular complexity index is 1470. The minimum atomic E-state index is -1.56. The van der Waals surface area contributed by atoms with Crippen LogP contribution in [0.1, 0.15) is 36.9 Å². The summed E-state index contributed by atoms with van der Waals surface area (Å²) in [7, 11) is 1.64. The van der Waals surface area contributed by atoms with Crippen molar-refractivity contribution in [2.45, 2.75) is 44.6 Å². The second-order valence-electron chi connectivity index (χ2n) is 9.78. The van der Waals surface area contributed by atoms with Crippen molar-refractivity contribution in [1.29, 1.82) is 0 Å². The highest BCUT2D eigenvalue weighted by Gasteiger charge is 2.45. The van der Waals surface area contributed by atoms with Gasteiger partial charge >= 0.3 is 5.63 Å². The number of hydrogen-bond donors (Lipinski definition) is 2. The van der Waals surface area contributed by atoms with Gasteiger partial charge in [0.15, 0.2) is 0 Å². The van der Waals surface area contributed by atoms with Gasteiger partial charge in [-0.05, 0) is 72.7 Å². The Morgan fingerprint density at radius 3 is 2.32 bits per heavy atom. The number of nitrogens with zero attached hydrogens (tertiary/aromatic N) is 1. The van der Waals surface area contributed by atoms with E-state index in [1.165, 1.54) is 0 Å². The van der Waals surface area contributed by atoms with Crippen LogP contribution in [0.3, 0.4) is 0 Å². The molecule has 37 heavy (non-hydrogen) atoms. The molecule has 1 aliphatic rings. The number of nitrogens with one attached hydrogen (secondary N) is 1. The van der Waals surface area contributed by atoms with Crippen LogP contribution in [0.15, 0.2) is 76.0 Å².